The Bertz CT molecular complexity index is 1440. The van der Waals surface area contributed by atoms with Crippen LogP contribution in [0.25, 0.3) is 0 Å². The van der Waals surface area contributed by atoms with Gasteiger partial charge in [0.05, 0.1) is 21.8 Å². The van der Waals surface area contributed by atoms with Crippen molar-refractivity contribution in [3.05, 3.63) is 88.4 Å². The summed E-state index contributed by atoms with van der Waals surface area (Å²) in [5.41, 5.74) is 1.86. The third-order valence-electron chi connectivity index (χ3n) is 5.10. The van der Waals surface area contributed by atoms with Gasteiger partial charge in [0, 0.05) is 17.8 Å². The number of hydrogen-bond acceptors (Lipinski definition) is 5. The normalized spacial score (nSPS) is 13.1. The van der Waals surface area contributed by atoms with E-state index in [1.807, 2.05) is 31.2 Å². The number of carbonyl (C=O) groups excluding carboxylic acids is 1. The molecule has 1 aliphatic heterocycles. The zero-order chi connectivity index (χ0) is 23.1. The van der Waals surface area contributed by atoms with Crippen LogP contribution in [0.1, 0.15) is 42.4 Å². The number of nitrogens with one attached hydrogen (secondary N) is 1. The summed E-state index contributed by atoms with van der Waals surface area (Å²) < 4.78 is 30.3. The average Bonchev–Trinajstić information content (AvgIpc) is 3.20. The van der Waals surface area contributed by atoms with Crippen molar-refractivity contribution in [1.82, 2.24) is 4.98 Å². The van der Waals surface area contributed by atoms with E-state index in [2.05, 4.69) is 14.7 Å². The fraction of sp³-hybridized carbons (Fsp3) is 0.217. The van der Waals surface area contributed by atoms with Crippen LogP contribution < -0.4 is 14.5 Å². The number of aromatic nitrogens is 2. The number of carbonyl (C=O) groups is 1. The highest BCUT2D eigenvalue weighted by atomic mass is 35.5. The number of hydrogen-bond donors (Lipinski definition) is 1. The summed E-state index contributed by atoms with van der Waals surface area (Å²) in [6.45, 7) is 6.68. The van der Waals surface area contributed by atoms with Crippen molar-refractivity contribution in [3.63, 3.8) is 0 Å². The molecular formula is C23H22ClN4O3S+. The molecule has 164 valence electrons. The van der Waals surface area contributed by atoms with Crippen molar-refractivity contribution in [1.29, 1.82) is 0 Å². The van der Waals surface area contributed by atoms with Crippen molar-refractivity contribution in [2.75, 3.05) is 11.3 Å². The van der Waals surface area contributed by atoms with Crippen LogP contribution in [0.3, 0.4) is 0 Å². The summed E-state index contributed by atoms with van der Waals surface area (Å²) >= 11 is 6.06. The molecular weight excluding hydrogens is 448 g/mol. The summed E-state index contributed by atoms with van der Waals surface area (Å²) in [7, 11) is -3.97. The van der Waals surface area contributed by atoms with E-state index in [1.165, 1.54) is 24.4 Å². The lowest BCUT2D eigenvalue weighted by Crippen LogP contribution is -2.34. The first-order valence-corrected chi connectivity index (χ1v) is 11.8. The molecule has 1 N–H and O–H groups in total. The standard InChI is InChI=1S/C23H21ClN4O3S/c1-23(2,3)16-4-6-18(7-5-16)32(30,31)27-19-13-17(24)14-26-21(19)22(29)15-8-10-28-11-9-25-20(28)12-15/h4-8,10-14H,9H2,1-3H3/p+1. The molecule has 2 aromatic heterocycles. The maximum absolute atomic E-state index is 13.2. The van der Waals surface area contributed by atoms with E-state index in [1.54, 1.807) is 30.5 Å². The summed E-state index contributed by atoms with van der Waals surface area (Å²) in [5.74, 6) is -0.437. The van der Waals surface area contributed by atoms with Gasteiger partial charge in [-0.25, -0.2) is 17.6 Å². The van der Waals surface area contributed by atoms with Crippen molar-refractivity contribution in [2.24, 2.45) is 4.99 Å². The Morgan fingerprint density at radius 2 is 1.84 bits per heavy atom. The molecule has 0 spiro atoms. The molecule has 0 amide bonds. The minimum absolute atomic E-state index is 0.0130. The van der Waals surface area contributed by atoms with E-state index in [9.17, 15) is 13.2 Å². The van der Waals surface area contributed by atoms with E-state index in [0.29, 0.717) is 17.6 Å². The van der Waals surface area contributed by atoms with Gasteiger partial charge >= 0.3 is 5.49 Å². The quantitative estimate of drug-likeness (QED) is 0.459. The zero-order valence-corrected chi connectivity index (χ0v) is 19.4. The lowest BCUT2D eigenvalue weighted by atomic mass is 9.87. The number of rotatable bonds is 5. The maximum atomic E-state index is 13.2. The topological polar surface area (TPSA) is 94.4 Å². The van der Waals surface area contributed by atoms with Crippen molar-refractivity contribution >= 4 is 33.1 Å². The maximum Gasteiger partial charge on any atom is 0.322 e. The van der Waals surface area contributed by atoms with Gasteiger partial charge in [-0.05, 0) is 35.2 Å². The highest BCUT2D eigenvalue weighted by molar-refractivity contribution is 7.92. The second-order valence-corrected chi connectivity index (χ2v) is 10.6. The number of anilines is 1. The van der Waals surface area contributed by atoms with E-state index in [0.717, 1.165) is 5.56 Å². The first-order valence-electron chi connectivity index (χ1n) is 9.94. The molecule has 0 aliphatic carbocycles. The minimum atomic E-state index is -3.97. The summed E-state index contributed by atoms with van der Waals surface area (Å²) in [6, 6.07) is 11.3. The molecule has 1 aromatic carbocycles. The van der Waals surface area contributed by atoms with Gasteiger partial charge in [-0.2, -0.15) is 0 Å². The largest absolute Gasteiger partial charge is 0.322 e. The minimum Gasteiger partial charge on any atom is -0.287 e. The van der Waals surface area contributed by atoms with Crippen LogP contribution in [0.2, 0.25) is 5.02 Å². The first kappa shape index (κ1) is 22.1. The number of benzene rings is 1. The van der Waals surface area contributed by atoms with E-state index >= 15 is 0 Å². The van der Waals surface area contributed by atoms with Crippen LogP contribution >= 0.6 is 11.6 Å². The van der Waals surface area contributed by atoms with Crippen LogP contribution in [-0.2, 0) is 15.4 Å². The van der Waals surface area contributed by atoms with E-state index in [4.69, 9.17) is 11.6 Å². The number of halogens is 1. The molecule has 0 saturated heterocycles. The lowest BCUT2D eigenvalue weighted by molar-refractivity contribution is -0.522. The Morgan fingerprint density at radius 1 is 1.12 bits per heavy atom. The number of ketones is 1. The molecule has 0 unspecified atom stereocenters. The van der Waals surface area contributed by atoms with Crippen molar-refractivity contribution in [2.45, 2.75) is 31.1 Å². The molecule has 0 fully saturated rings. The van der Waals surface area contributed by atoms with Gasteiger partial charge in [0.1, 0.15) is 11.9 Å². The average molecular weight is 470 g/mol. The van der Waals surface area contributed by atoms with Gasteiger partial charge in [-0.1, -0.05) is 49.5 Å². The molecule has 1 aliphatic rings. The summed E-state index contributed by atoms with van der Waals surface area (Å²) in [5, 5.41) is 0.205. The summed E-state index contributed by atoms with van der Waals surface area (Å²) in [4.78, 5) is 21.6. The van der Waals surface area contributed by atoms with Crippen LogP contribution in [0.5, 0.6) is 0 Å². The van der Waals surface area contributed by atoms with E-state index in [-0.39, 0.29) is 26.7 Å². The van der Waals surface area contributed by atoms with Crippen molar-refractivity contribution < 1.29 is 17.5 Å². The van der Waals surface area contributed by atoms with Gasteiger partial charge in [0.2, 0.25) is 5.78 Å². The van der Waals surface area contributed by atoms with Gasteiger partial charge in [-0.15, -0.1) is 0 Å². The third kappa shape index (κ3) is 4.42. The second kappa shape index (κ2) is 8.11. The molecule has 0 bridgehead atoms. The molecule has 32 heavy (non-hydrogen) atoms. The SMILES string of the molecule is CC(C)(C)c1ccc(S(=O)(=O)Nc2cc(Cl)cnc2C(=O)c2cc[n+]3c(c2)=NCC=3)cc1. The Morgan fingerprint density at radius 3 is 2.53 bits per heavy atom. The molecule has 0 saturated carbocycles. The molecule has 7 nitrogen and oxygen atoms in total. The molecule has 3 heterocycles. The number of sulfonamides is 1. The smallest absolute Gasteiger partial charge is 0.287 e. The lowest BCUT2D eigenvalue weighted by Gasteiger charge is -2.19. The van der Waals surface area contributed by atoms with Crippen LogP contribution in [0.4, 0.5) is 5.69 Å². The van der Waals surface area contributed by atoms with Gasteiger partial charge in [0.25, 0.3) is 10.0 Å². The zero-order valence-electron chi connectivity index (χ0n) is 17.8. The van der Waals surface area contributed by atoms with Gasteiger partial charge in [0.15, 0.2) is 6.54 Å². The first-order chi connectivity index (χ1) is 15.0. The highest BCUT2D eigenvalue weighted by Crippen LogP contribution is 2.26. The third-order valence-corrected chi connectivity index (χ3v) is 6.69. The predicted octanol–water partition coefficient (Wildman–Crippen LogP) is 2.99. The highest BCUT2D eigenvalue weighted by Gasteiger charge is 2.23. The molecule has 9 heteroatoms. The van der Waals surface area contributed by atoms with Gasteiger partial charge < -0.3 is 0 Å². The Balaban J connectivity index is 1.69. The molecule has 0 atom stereocenters. The molecule has 3 aromatic rings. The fourth-order valence-corrected chi connectivity index (χ4v) is 4.53. The Kier molecular flexibility index (Phi) is 5.60. The van der Waals surface area contributed by atoms with Crippen LogP contribution in [0.15, 0.2) is 64.7 Å². The fourth-order valence-electron chi connectivity index (χ4n) is 3.32. The Hall–Kier alpha value is -3.10. The predicted molar refractivity (Wildman–Crippen MR) is 121 cm³/mol. The summed E-state index contributed by atoms with van der Waals surface area (Å²) in [6.07, 6.45) is 4.93. The van der Waals surface area contributed by atoms with Crippen LogP contribution in [-0.4, -0.2) is 25.7 Å². The number of nitrogens with zero attached hydrogens (tertiary/aromatic N) is 3. The van der Waals surface area contributed by atoms with E-state index < -0.39 is 15.8 Å². The van der Waals surface area contributed by atoms with Crippen LogP contribution in [0, 0.1) is 6.21 Å². The van der Waals surface area contributed by atoms with Crippen molar-refractivity contribution in [3.8, 4) is 0 Å². The number of pyridine rings is 2. The monoisotopic (exact) mass is 469 g/mol. The molecule has 4 rings (SSSR count). The van der Waals surface area contributed by atoms with Gasteiger partial charge in [-0.3, -0.25) is 9.52 Å². The molecule has 0 radical (unpaired) electrons. The number of fused-ring (bicyclic) bond motifs is 1. The Labute approximate surface area is 191 Å². The second-order valence-electron chi connectivity index (χ2n) is 8.46.